The molecular formula is H4Li2MnO8Si. The minimum atomic E-state index is -5.12. The normalized spacial score (nSPS) is 9.83. The topological polar surface area (TPSA) is 161 Å². The predicted octanol–water partition coefficient (Wildman–Crippen LogP) is -11.2. The third kappa shape index (κ3) is 717. The van der Waals surface area contributed by atoms with Crippen molar-refractivity contribution >= 4 is 9.05 Å². The monoisotopic (exact) mass is 229 g/mol. The van der Waals surface area contributed by atoms with Gasteiger partial charge in [0.2, 0.25) is 0 Å². The van der Waals surface area contributed by atoms with E-state index in [2.05, 4.69) is 0 Å². The first-order chi connectivity index (χ1) is 4.00. The van der Waals surface area contributed by atoms with Gasteiger partial charge in [-0.05, 0) is 0 Å². The molecule has 0 aliphatic rings. The van der Waals surface area contributed by atoms with Gasteiger partial charge in [-0.2, -0.15) is 0 Å². The summed E-state index contributed by atoms with van der Waals surface area (Å²) >= 11 is -5.12. The summed E-state index contributed by atoms with van der Waals surface area (Å²) in [6, 6.07) is 0. The fraction of sp³-hybridized carbons (Fsp3) is 0. The van der Waals surface area contributed by atoms with Gasteiger partial charge in [-0.1, -0.05) is 0 Å². The first-order valence-corrected chi connectivity index (χ1v) is 5.23. The molecule has 0 aromatic carbocycles. The molecule has 0 spiro atoms. The maximum absolute atomic E-state index is 8.80. The molecule has 0 aromatic heterocycles. The molecule has 0 radical (unpaired) electrons. The van der Waals surface area contributed by atoms with Crippen LogP contribution in [0, 0.1) is 0 Å². The molecule has 0 rings (SSSR count). The molecule has 0 heterocycles. The fourth-order valence-corrected chi connectivity index (χ4v) is 0. The Labute approximate surface area is 95.0 Å². The second-order valence-electron chi connectivity index (χ2n) is 0.963. The molecule has 0 bridgehead atoms. The van der Waals surface area contributed by atoms with Crippen LogP contribution in [0.2, 0.25) is 0 Å². The summed E-state index contributed by atoms with van der Waals surface area (Å²) in [5.74, 6) is 0. The second-order valence-corrected chi connectivity index (χ2v) is 3.35. The number of hydrogen-bond donors (Lipinski definition) is 4. The van der Waals surface area contributed by atoms with Crippen molar-refractivity contribution in [1.82, 2.24) is 0 Å². The second kappa shape index (κ2) is 8.87. The van der Waals surface area contributed by atoms with Crippen LogP contribution in [-0.2, 0) is 21.0 Å². The standard InChI is InChI=1S/2Li.Mn.H2O4Si.2H2O.2O/c;;;1-5(2,3)4;;;;/h;;;1-2H;2*1H2;;/q2*+1;+2;-2;;;;/p-2. The molecule has 0 atom stereocenters. The van der Waals surface area contributed by atoms with E-state index < -0.39 is 22.4 Å². The SMILES string of the molecule is [Li+].[Li+].[O-][Si]([O-])(O)O.[O]=[Mn](=[O])([OH])[OH]. The molecule has 4 N–H and O–H groups in total. The van der Waals surface area contributed by atoms with Crippen LogP contribution in [0.4, 0.5) is 0 Å². The molecule has 0 unspecified atom stereocenters. The first kappa shape index (κ1) is 23.3. The summed E-state index contributed by atoms with van der Waals surface area (Å²) in [4.78, 5) is 31.8. The van der Waals surface area contributed by atoms with Crippen LogP contribution in [0.15, 0.2) is 0 Å². The molecule has 0 aromatic rings. The van der Waals surface area contributed by atoms with Crippen LogP contribution < -0.4 is 47.3 Å². The van der Waals surface area contributed by atoms with Crippen molar-refractivity contribution in [2.45, 2.75) is 0 Å². The third-order valence-corrected chi connectivity index (χ3v) is 0. The molecule has 8 nitrogen and oxygen atoms in total. The van der Waals surface area contributed by atoms with Crippen LogP contribution in [-0.4, -0.2) is 27.0 Å². The minimum absolute atomic E-state index is 0. The van der Waals surface area contributed by atoms with Gasteiger partial charge in [-0.3, -0.25) is 0 Å². The van der Waals surface area contributed by atoms with Gasteiger partial charge in [0.1, 0.15) is 9.05 Å². The molecule has 0 aliphatic heterocycles. The van der Waals surface area contributed by atoms with Crippen LogP contribution in [0.5, 0.6) is 0 Å². The summed E-state index contributed by atoms with van der Waals surface area (Å²) in [7, 11) is -5.11. The van der Waals surface area contributed by atoms with E-state index >= 15 is 0 Å². The van der Waals surface area contributed by atoms with E-state index in [1.807, 2.05) is 0 Å². The zero-order chi connectivity index (χ0) is 9.00. The predicted molar refractivity (Wildman–Crippen MR) is 16.0 cm³/mol. The van der Waals surface area contributed by atoms with Crippen LogP contribution >= 0.6 is 0 Å². The Bertz CT molecular complexity index is 152. The van der Waals surface area contributed by atoms with E-state index in [1.54, 1.807) is 0 Å². The van der Waals surface area contributed by atoms with Gasteiger partial charge in [-0.25, -0.2) is 0 Å². The van der Waals surface area contributed by atoms with Gasteiger partial charge in [0.05, 0.1) is 0 Å². The summed E-state index contributed by atoms with van der Waals surface area (Å²) in [6.45, 7) is 0. The van der Waals surface area contributed by atoms with Gasteiger partial charge in [0.25, 0.3) is 0 Å². The van der Waals surface area contributed by atoms with Crippen molar-refractivity contribution in [3.05, 3.63) is 0 Å². The van der Waals surface area contributed by atoms with Crippen LogP contribution in [0.3, 0.4) is 0 Å². The molecule has 12 heavy (non-hydrogen) atoms. The van der Waals surface area contributed by atoms with E-state index in [0.717, 1.165) is 0 Å². The number of hydrogen-bond acceptors (Lipinski definition) is 6. The van der Waals surface area contributed by atoms with Gasteiger partial charge in [0.15, 0.2) is 0 Å². The summed E-state index contributed by atoms with van der Waals surface area (Å²) < 4.78 is 31.8. The van der Waals surface area contributed by atoms with Gasteiger partial charge in [0, 0.05) is 0 Å². The zero-order valence-electron chi connectivity index (χ0n) is 6.30. The summed E-state index contributed by atoms with van der Waals surface area (Å²) in [6.07, 6.45) is 0. The third-order valence-electron chi connectivity index (χ3n) is 0. The summed E-state index contributed by atoms with van der Waals surface area (Å²) in [5, 5.41) is 0. The van der Waals surface area contributed by atoms with Crippen molar-refractivity contribution in [3.8, 4) is 0 Å². The van der Waals surface area contributed by atoms with Crippen molar-refractivity contribution in [2.75, 3.05) is 0 Å². The van der Waals surface area contributed by atoms with Crippen molar-refractivity contribution in [1.29, 1.82) is 0 Å². The molecule has 0 saturated heterocycles. The van der Waals surface area contributed by atoms with Gasteiger partial charge in [-0.15, -0.1) is 0 Å². The average molecular weight is 229 g/mol. The van der Waals surface area contributed by atoms with Crippen LogP contribution in [0.1, 0.15) is 0 Å². The average Bonchev–Trinajstić information content (AvgIpc) is 1.12. The molecule has 65 valence electrons. The zero-order valence-corrected chi connectivity index (χ0v) is 8.48. The van der Waals surface area contributed by atoms with Crippen molar-refractivity contribution in [3.63, 3.8) is 0 Å². The Morgan fingerprint density at radius 1 is 1.00 bits per heavy atom. The molecule has 0 amide bonds. The Morgan fingerprint density at radius 3 is 1.00 bits per heavy atom. The van der Waals surface area contributed by atoms with E-state index in [4.69, 9.17) is 35.2 Å². The molecular weight excluding hydrogens is 225 g/mol. The molecule has 0 fully saturated rings. The van der Waals surface area contributed by atoms with E-state index in [0.29, 0.717) is 0 Å². The Balaban J connectivity index is -0.0000000457. The van der Waals surface area contributed by atoms with E-state index in [9.17, 15) is 0 Å². The van der Waals surface area contributed by atoms with E-state index in [-0.39, 0.29) is 37.7 Å². The Hall–Kier alpha value is 1.29. The Kier molecular flexibility index (Phi) is 17.2. The molecule has 12 heteroatoms. The van der Waals surface area contributed by atoms with E-state index in [1.165, 1.54) is 0 Å². The molecule has 0 saturated carbocycles. The summed E-state index contributed by atoms with van der Waals surface area (Å²) in [5.41, 5.74) is 0. The number of rotatable bonds is 0. The van der Waals surface area contributed by atoms with Crippen LogP contribution in [0.25, 0.3) is 0 Å². The first-order valence-electron chi connectivity index (χ1n) is 1.50. The van der Waals surface area contributed by atoms with Crippen molar-refractivity contribution in [2.24, 2.45) is 0 Å². The quantitative estimate of drug-likeness (QED) is 0.297. The maximum atomic E-state index is 8.80. The van der Waals surface area contributed by atoms with Gasteiger partial charge < -0.3 is 19.2 Å². The molecule has 0 aliphatic carbocycles. The van der Waals surface area contributed by atoms with Crippen molar-refractivity contribution < 1.29 is 86.3 Å². The fourth-order valence-electron chi connectivity index (χ4n) is 0. The Morgan fingerprint density at radius 2 is 1.00 bits per heavy atom. The van der Waals surface area contributed by atoms with Gasteiger partial charge >= 0.3 is 67.1 Å².